The Hall–Kier alpha value is -4.68. The number of aromatic nitrogens is 2. The van der Waals surface area contributed by atoms with Gasteiger partial charge in [-0.2, -0.15) is 9.97 Å². The predicted molar refractivity (Wildman–Crippen MR) is 205 cm³/mol. The van der Waals surface area contributed by atoms with Crippen molar-refractivity contribution in [1.29, 1.82) is 0 Å². The van der Waals surface area contributed by atoms with Gasteiger partial charge in [-0.25, -0.2) is 9.18 Å². The van der Waals surface area contributed by atoms with E-state index in [4.69, 9.17) is 33.3 Å². The van der Waals surface area contributed by atoms with Crippen molar-refractivity contribution in [2.45, 2.75) is 89.2 Å². The summed E-state index contributed by atoms with van der Waals surface area (Å²) in [6.07, 6.45) is 3.00. The second-order valence-electron chi connectivity index (χ2n) is 16.5. The first-order chi connectivity index (χ1) is 26.0. The van der Waals surface area contributed by atoms with Crippen molar-refractivity contribution in [3.63, 3.8) is 0 Å². The van der Waals surface area contributed by atoms with Crippen LogP contribution in [0.1, 0.15) is 58.6 Å². The minimum atomic E-state index is -0.864. The van der Waals surface area contributed by atoms with Crippen LogP contribution in [0, 0.1) is 6.92 Å². The maximum atomic E-state index is 14.8. The normalized spacial score (nSPS) is 24.2. The van der Waals surface area contributed by atoms with Gasteiger partial charge >= 0.3 is 12.1 Å². The fraction of sp³-hybridized carbons (Fsp3) is 0.500. The maximum absolute atomic E-state index is 14.8. The summed E-state index contributed by atoms with van der Waals surface area (Å²) >= 11 is 0. The molecular formula is C42H48FN5O6. The third kappa shape index (κ3) is 6.17. The van der Waals surface area contributed by atoms with Crippen molar-refractivity contribution in [3.8, 4) is 22.9 Å². The van der Waals surface area contributed by atoms with Crippen LogP contribution in [0.25, 0.3) is 43.8 Å². The van der Waals surface area contributed by atoms with Crippen molar-refractivity contribution in [2.75, 3.05) is 51.6 Å². The third-order valence-electron chi connectivity index (χ3n) is 11.6. The molecule has 4 aliphatic rings. The summed E-state index contributed by atoms with van der Waals surface area (Å²) in [6, 6.07) is 16.6. The maximum Gasteiger partial charge on any atom is 0.410 e. The second kappa shape index (κ2) is 13.3. The molecule has 0 N–H and O–H groups in total. The Bertz CT molecular complexity index is 2240. The number of piperazine rings is 1. The average Bonchev–Trinajstić information content (AvgIpc) is 3.86. The molecule has 11 nitrogen and oxygen atoms in total. The lowest BCUT2D eigenvalue weighted by atomic mass is 9.94. The molecule has 54 heavy (non-hydrogen) atoms. The first kappa shape index (κ1) is 35.0. The Morgan fingerprint density at radius 3 is 2.57 bits per heavy atom. The SMILES string of the molecule is COCOc1cc(-c2cc3nc(OC[C@@]45CCCN4C[C@H](F)C5)nc(N4C[C@H]5CC[C@@H](C4)N5C(=O)OC(C)(C)C)c3c3cc(C)oc23)c2ccccc2c1. The zero-order valence-electron chi connectivity index (χ0n) is 31.7. The van der Waals surface area contributed by atoms with Crippen molar-refractivity contribution >= 4 is 44.6 Å². The Balaban J connectivity index is 1.19. The number of fused-ring (bicyclic) bond motifs is 7. The molecule has 4 atom stereocenters. The van der Waals surface area contributed by atoms with Crippen LogP contribution >= 0.6 is 0 Å². The fourth-order valence-corrected chi connectivity index (χ4v) is 9.46. The Morgan fingerprint density at radius 2 is 1.80 bits per heavy atom. The highest BCUT2D eigenvalue weighted by molar-refractivity contribution is 6.17. The van der Waals surface area contributed by atoms with Crippen LogP contribution in [0.4, 0.5) is 15.0 Å². The van der Waals surface area contributed by atoms with E-state index in [0.29, 0.717) is 43.9 Å². The Morgan fingerprint density at radius 1 is 1.00 bits per heavy atom. The molecule has 4 saturated heterocycles. The molecule has 6 heterocycles. The highest BCUT2D eigenvalue weighted by Gasteiger charge is 2.50. The molecule has 2 aromatic heterocycles. The summed E-state index contributed by atoms with van der Waals surface area (Å²) in [5, 5.41) is 3.82. The number of alkyl halides is 1. The molecule has 0 aliphatic carbocycles. The largest absolute Gasteiger partial charge is 0.468 e. The van der Waals surface area contributed by atoms with Gasteiger partial charge in [0, 0.05) is 44.1 Å². The average molecular weight is 738 g/mol. The molecule has 3 aromatic carbocycles. The summed E-state index contributed by atoms with van der Waals surface area (Å²) in [6.45, 7) is 10.6. The molecule has 1 amide bonds. The lowest BCUT2D eigenvalue weighted by Crippen LogP contribution is -2.57. The fourth-order valence-electron chi connectivity index (χ4n) is 9.46. The van der Waals surface area contributed by atoms with Crippen molar-refractivity contribution in [3.05, 3.63) is 54.3 Å². The number of hydrogen-bond acceptors (Lipinski definition) is 10. The summed E-state index contributed by atoms with van der Waals surface area (Å²) in [5.74, 6) is 2.18. The van der Waals surface area contributed by atoms with E-state index in [-0.39, 0.29) is 36.5 Å². The number of carbonyl (C=O) groups is 1. The Labute approximate surface area is 314 Å². The van der Waals surface area contributed by atoms with Crippen molar-refractivity contribution in [2.24, 2.45) is 0 Å². The van der Waals surface area contributed by atoms with Gasteiger partial charge in [0.2, 0.25) is 0 Å². The molecule has 12 heteroatoms. The van der Waals surface area contributed by atoms with Gasteiger partial charge in [0.05, 0.1) is 28.5 Å². The number of furan rings is 1. The van der Waals surface area contributed by atoms with Crippen LogP contribution in [0.2, 0.25) is 0 Å². The van der Waals surface area contributed by atoms with E-state index >= 15 is 0 Å². The first-order valence-corrected chi connectivity index (χ1v) is 19.2. The van der Waals surface area contributed by atoms with Crippen LogP contribution in [-0.4, -0.2) is 102 Å². The molecule has 0 saturated carbocycles. The quantitative estimate of drug-likeness (QED) is 0.146. The smallest absolute Gasteiger partial charge is 0.410 e. The van der Waals surface area contributed by atoms with E-state index in [0.717, 1.165) is 82.1 Å². The lowest BCUT2D eigenvalue weighted by Gasteiger charge is -2.42. The van der Waals surface area contributed by atoms with Gasteiger partial charge in [0.1, 0.15) is 41.3 Å². The lowest BCUT2D eigenvalue weighted by molar-refractivity contribution is 0.0122. The molecule has 0 spiro atoms. The molecule has 9 rings (SSSR count). The van der Waals surface area contributed by atoms with E-state index in [1.807, 2.05) is 56.9 Å². The first-order valence-electron chi connectivity index (χ1n) is 19.2. The van der Waals surface area contributed by atoms with Crippen LogP contribution < -0.4 is 14.4 Å². The van der Waals surface area contributed by atoms with Crippen molar-refractivity contribution in [1.82, 2.24) is 19.8 Å². The highest BCUT2D eigenvalue weighted by Crippen LogP contribution is 2.45. The van der Waals surface area contributed by atoms with Gasteiger partial charge in [-0.15, -0.1) is 0 Å². The summed E-state index contributed by atoms with van der Waals surface area (Å²) in [7, 11) is 1.60. The number of methoxy groups -OCH3 is 1. The van der Waals surface area contributed by atoms with E-state index in [1.165, 1.54) is 0 Å². The zero-order chi connectivity index (χ0) is 37.4. The molecule has 5 aromatic rings. The number of rotatable bonds is 8. The number of aryl methyl sites for hydroxylation is 1. The number of hydrogen-bond donors (Lipinski definition) is 0. The van der Waals surface area contributed by atoms with Gasteiger partial charge in [0.25, 0.3) is 0 Å². The molecule has 0 radical (unpaired) electrons. The molecule has 4 aliphatic heterocycles. The van der Waals surface area contributed by atoms with Crippen LogP contribution in [0.3, 0.4) is 0 Å². The number of anilines is 1. The second-order valence-corrected chi connectivity index (χ2v) is 16.5. The third-order valence-corrected chi connectivity index (χ3v) is 11.6. The minimum absolute atomic E-state index is 0.0269. The monoisotopic (exact) mass is 737 g/mol. The molecule has 4 fully saturated rings. The molecule has 2 bridgehead atoms. The van der Waals surface area contributed by atoms with Crippen LogP contribution in [-0.2, 0) is 9.47 Å². The number of halogens is 1. The van der Waals surface area contributed by atoms with Gasteiger partial charge in [-0.1, -0.05) is 24.3 Å². The molecule has 284 valence electrons. The van der Waals surface area contributed by atoms with Gasteiger partial charge in [-0.3, -0.25) is 9.80 Å². The summed E-state index contributed by atoms with van der Waals surface area (Å²) < 4.78 is 44.9. The number of carbonyl (C=O) groups excluding carboxylic acids is 1. The standard InChI is InChI=1S/C42H48FN5O6/c1-25-15-34-36-35(18-33(37(34)53-25)32-17-30(52-24-50-5)16-26-9-6-7-10-31(26)32)44-39(51-23-42-13-8-14-47(42)20-27(43)19-42)45-38(36)46-21-28-11-12-29(22-46)48(28)40(49)54-41(2,3)4/h6-7,9-10,15-18,27-29H,8,11-14,19-24H2,1-5H3/t27-,28-,29+,42+/m1/s1. The molecule has 0 unspecified atom stereocenters. The zero-order valence-corrected chi connectivity index (χ0v) is 31.7. The minimum Gasteiger partial charge on any atom is -0.468 e. The number of ether oxygens (including phenoxy) is 4. The van der Waals surface area contributed by atoms with E-state index in [9.17, 15) is 9.18 Å². The van der Waals surface area contributed by atoms with Crippen LogP contribution in [0.15, 0.2) is 52.9 Å². The number of amides is 1. The van der Waals surface area contributed by atoms with Gasteiger partial charge in [0.15, 0.2) is 6.79 Å². The van der Waals surface area contributed by atoms with Gasteiger partial charge < -0.3 is 28.3 Å². The van der Waals surface area contributed by atoms with E-state index < -0.39 is 11.8 Å². The highest BCUT2D eigenvalue weighted by atomic mass is 19.1. The predicted octanol–water partition coefficient (Wildman–Crippen LogP) is 8.03. The summed E-state index contributed by atoms with van der Waals surface area (Å²) in [5.41, 5.74) is 2.31. The number of nitrogens with zero attached hydrogens (tertiary/aromatic N) is 5. The van der Waals surface area contributed by atoms with E-state index in [1.54, 1.807) is 7.11 Å². The van der Waals surface area contributed by atoms with Crippen molar-refractivity contribution < 1.29 is 32.5 Å². The van der Waals surface area contributed by atoms with E-state index in [2.05, 4.69) is 34.1 Å². The number of benzene rings is 3. The topological polar surface area (TPSA) is 103 Å². The van der Waals surface area contributed by atoms with Crippen LogP contribution in [0.5, 0.6) is 11.8 Å². The molecular weight excluding hydrogens is 689 g/mol. The summed E-state index contributed by atoms with van der Waals surface area (Å²) in [4.78, 5) is 30.1. The van der Waals surface area contributed by atoms with Gasteiger partial charge in [-0.05, 0) is 101 Å². The Kier molecular flexibility index (Phi) is 8.61.